The van der Waals surface area contributed by atoms with E-state index in [1.807, 2.05) is 0 Å². The van der Waals surface area contributed by atoms with E-state index in [4.69, 9.17) is 13.9 Å². The van der Waals surface area contributed by atoms with Gasteiger partial charge in [0.15, 0.2) is 11.5 Å². The molecule has 2 aromatic carbocycles. The molecular formula is C17H12BrNO6S. The van der Waals surface area contributed by atoms with Crippen LogP contribution in [0.15, 0.2) is 61.0 Å². The van der Waals surface area contributed by atoms with Crippen molar-refractivity contribution in [2.45, 2.75) is 11.4 Å². The van der Waals surface area contributed by atoms with Gasteiger partial charge in [0.2, 0.25) is 16.8 Å². The summed E-state index contributed by atoms with van der Waals surface area (Å²) in [5, 5.41) is 0.502. The highest BCUT2D eigenvalue weighted by molar-refractivity contribution is 9.10. The fraction of sp³-hybridized carbons (Fsp3) is 0.118. The minimum absolute atomic E-state index is 0.0755. The van der Waals surface area contributed by atoms with E-state index in [9.17, 15) is 13.2 Å². The molecule has 0 atom stereocenters. The molecule has 1 N–H and O–H groups in total. The lowest BCUT2D eigenvalue weighted by Gasteiger charge is -2.08. The van der Waals surface area contributed by atoms with Crippen LogP contribution in [0.25, 0.3) is 11.0 Å². The first-order chi connectivity index (χ1) is 12.4. The van der Waals surface area contributed by atoms with Gasteiger partial charge >= 0.3 is 5.63 Å². The van der Waals surface area contributed by atoms with E-state index in [1.165, 1.54) is 24.3 Å². The molecule has 0 amide bonds. The highest BCUT2D eigenvalue weighted by atomic mass is 79.9. The smallest absolute Gasteiger partial charge is 0.350 e. The average Bonchev–Trinajstić information content (AvgIpc) is 3.08. The van der Waals surface area contributed by atoms with Gasteiger partial charge in [0.25, 0.3) is 0 Å². The Morgan fingerprint density at radius 1 is 1.04 bits per heavy atom. The number of ether oxygens (including phenoxy) is 2. The molecule has 0 aliphatic carbocycles. The third kappa shape index (κ3) is 3.20. The first kappa shape index (κ1) is 17.1. The molecule has 0 spiro atoms. The molecule has 7 nitrogen and oxygen atoms in total. The lowest BCUT2D eigenvalue weighted by molar-refractivity contribution is 0.174. The van der Waals surface area contributed by atoms with Crippen LogP contribution in [0, 0.1) is 0 Å². The summed E-state index contributed by atoms with van der Waals surface area (Å²) in [6.07, 6.45) is 0. The van der Waals surface area contributed by atoms with Crippen molar-refractivity contribution in [2.24, 2.45) is 0 Å². The summed E-state index contributed by atoms with van der Waals surface area (Å²) in [7, 11) is -3.74. The molecule has 3 aromatic rings. The standard InChI is InChI=1S/C17H12BrNO6S/c18-13-7-11-6-12(2-4-14(11)25-17(13)20)26(21,22)19-8-10-1-3-15-16(5-10)24-9-23-15/h1-7,19H,8-9H2. The second-order valence-corrected chi connectivity index (χ2v) is 8.21. The van der Waals surface area contributed by atoms with Crippen LogP contribution in [0.3, 0.4) is 0 Å². The molecule has 1 aliphatic rings. The van der Waals surface area contributed by atoms with Crippen LogP contribution in [0.5, 0.6) is 11.5 Å². The Morgan fingerprint density at radius 2 is 1.85 bits per heavy atom. The first-order valence-electron chi connectivity index (χ1n) is 7.54. The Bertz CT molecular complexity index is 1170. The summed E-state index contributed by atoms with van der Waals surface area (Å²) in [5.41, 5.74) is 0.536. The van der Waals surface area contributed by atoms with Gasteiger partial charge in [-0.1, -0.05) is 6.07 Å². The van der Waals surface area contributed by atoms with Crippen LogP contribution >= 0.6 is 15.9 Å². The second kappa shape index (κ2) is 6.42. The summed E-state index contributed by atoms with van der Waals surface area (Å²) in [6.45, 7) is 0.262. The zero-order chi connectivity index (χ0) is 18.3. The summed E-state index contributed by atoms with van der Waals surface area (Å²) < 4.78 is 43.5. The number of nitrogens with one attached hydrogen (secondary N) is 1. The first-order valence-corrected chi connectivity index (χ1v) is 9.82. The molecule has 0 bridgehead atoms. The molecule has 4 rings (SSSR count). The predicted octanol–water partition coefficient (Wildman–Crippen LogP) is 2.76. The molecule has 0 unspecified atom stereocenters. The number of rotatable bonds is 4. The topological polar surface area (TPSA) is 94.8 Å². The van der Waals surface area contributed by atoms with Gasteiger partial charge < -0.3 is 13.9 Å². The van der Waals surface area contributed by atoms with Crippen molar-refractivity contribution in [3.63, 3.8) is 0 Å². The van der Waals surface area contributed by atoms with Crippen LogP contribution in [0.4, 0.5) is 0 Å². The predicted molar refractivity (Wildman–Crippen MR) is 96.8 cm³/mol. The Hall–Kier alpha value is -2.36. The van der Waals surface area contributed by atoms with Crippen molar-refractivity contribution in [1.29, 1.82) is 0 Å². The van der Waals surface area contributed by atoms with Gasteiger partial charge in [-0.25, -0.2) is 17.9 Å². The van der Waals surface area contributed by atoms with Gasteiger partial charge in [0.1, 0.15) is 10.1 Å². The molecular weight excluding hydrogens is 426 g/mol. The molecule has 9 heteroatoms. The number of sulfonamides is 1. The highest BCUT2D eigenvalue weighted by Crippen LogP contribution is 2.32. The van der Waals surface area contributed by atoms with Gasteiger partial charge in [0.05, 0.1) is 4.90 Å². The van der Waals surface area contributed by atoms with Crippen LogP contribution < -0.4 is 19.8 Å². The van der Waals surface area contributed by atoms with E-state index in [2.05, 4.69) is 20.7 Å². The maximum Gasteiger partial charge on any atom is 0.350 e. The van der Waals surface area contributed by atoms with Gasteiger partial charge in [-0.2, -0.15) is 0 Å². The molecule has 1 aromatic heterocycles. The monoisotopic (exact) mass is 437 g/mol. The van der Waals surface area contributed by atoms with Crippen LogP contribution in [0.1, 0.15) is 5.56 Å². The van der Waals surface area contributed by atoms with Crippen molar-refractivity contribution in [3.05, 3.63) is 62.9 Å². The number of halogens is 1. The van der Waals surface area contributed by atoms with Gasteiger partial charge in [0, 0.05) is 11.9 Å². The molecule has 0 fully saturated rings. The number of hydrogen-bond acceptors (Lipinski definition) is 6. The molecule has 0 radical (unpaired) electrons. The van der Waals surface area contributed by atoms with Gasteiger partial charge in [-0.05, 0) is 57.9 Å². The van der Waals surface area contributed by atoms with Crippen LogP contribution in [-0.4, -0.2) is 15.2 Å². The molecule has 0 saturated carbocycles. The van der Waals surface area contributed by atoms with E-state index in [-0.39, 0.29) is 22.7 Å². The fourth-order valence-electron chi connectivity index (χ4n) is 2.56. The number of hydrogen-bond donors (Lipinski definition) is 1. The fourth-order valence-corrected chi connectivity index (χ4v) is 3.94. The zero-order valence-corrected chi connectivity index (χ0v) is 15.6. The summed E-state index contributed by atoms with van der Waals surface area (Å²) in [5.74, 6) is 1.23. The summed E-state index contributed by atoms with van der Waals surface area (Å²) in [4.78, 5) is 11.6. The quantitative estimate of drug-likeness (QED) is 0.630. The maximum atomic E-state index is 12.6. The minimum Gasteiger partial charge on any atom is -0.454 e. The molecule has 2 heterocycles. The summed E-state index contributed by atoms with van der Waals surface area (Å²) in [6, 6.07) is 11.1. The van der Waals surface area contributed by atoms with Crippen LogP contribution in [0.2, 0.25) is 0 Å². The van der Waals surface area contributed by atoms with E-state index in [0.29, 0.717) is 22.5 Å². The van der Waals surface area contributed by atoms with Gasteiger partial charge in [-0.15, -0.1) is 0 Å². The van der Waals surface area contributed by atoms with E-state index in [1.54, 1.807) is 18.2 Å². The second-order valence-electron chi connectivity index (χ2n) is 5.59. The molecule has 134 valence electrons. The largest absolute Gasteiger partial charge is 0.454 e. The minimum atomic E-state index is -3.74. The lowest BCUT2D eigenvalue weighted by Crippen LogP contribution is -2.23. The molecule has 0 saturated heterocycles. The van der Waals surface area contributed by atoms with Crippen molar-refractivity contribution >= 4 is 36.9 Å². The highest BCUT2D eigenvalue weighted by Gasteiger charge is 2.17. The van der Waals surface area contributed by atoms with E-state index >= 15 is 0 Å². The average molecular weight is 438 g/mol. The van der Waals surface area contributed by atoms with E-state index < -0.39 is 15.6 Å². The van der Waals surface area contributed by atoms with Crippen molar-refractivity contribution in [2.75, 3.05) is 6.79 Å². The third-order valence-electron chi connectivity index (χ3n) is 3.87. The Kier molecular flexibility index (Phi) is 4.22. The molecule has 1 aliphatic heterocycles. The maximum absolute atomic E-state index is 12.6. The zero-order valence-electron chi connectivity index (χ0n) is 13.2. The Labute approximate surface area is 156 Å². The Balaban J connectivity index is 1.59. The molecule has 26 heavy (non-hydrogen) atoms. The van der Waals surface area contributed by atoms with Crippen molar-refractivity contribution in [1.82, 2.24) is 4.72 Å². The van der Waals surface area contributed by atoms with Crippen molar-refractivity contribution in [3.8, 4) is 11.5 Å². The van der Waals surface area contributed by atoms with Crippen molar-refractivity contribution < 1.29 is 22.3 Å². The lowest BCUT2D eigenvalue weighted by atomic mass is 10.2. The Morgan fingerprint density at radius 3 is 2.69 bits per heavy atom. The number of fused-ring (bicyclic) bond motifs is 2. The van der Waals surface area contributed by atoms with Crippen LogP contribution in [-0.2, 0) is 16.6 Å². The van der Waals surface area contributed by atoms with E-state index in [0.717, 1.165) is 5.56 Å². The third-order valence-corrected chi connectivity index (χ3v) is 5.83. The summed E-state index contributed by atoms with van der Waals surface area (Å²) >= 11 is 3.08. The number of benzene rings is 2. The van der Waals surface area contributed by atoms with Gasteiger partial charge in [-0.3, -0.25) is 0 Å². The SMILES string of the molecule is O=c1oc2ccc(S(=O)(=O)NCc3ccc4c(c3)OCO4)cc2cc1Br. The normalized spacial score (nSPS) is 13.3.